The largest absolute Gasteiger partial charge is 0.312 e. The molecule has 0 aromatic rings. The first-order valence-electron chi connectivity index (χ1n) is 7.10. The van der Waals surface area contributed by atoms with Crippen LogP contribution in [-0.2, 0) is 0 Å². The van der Waals surface area contributed by atoms with Crippen LogP contribution in [0.2, 0.25) is 0 Å². The number of rotatable bonds is 10. The van der Waals surface area contributed by atoms with Crippen molar-refractivity contribution in [3.8, 4) is 0 Å². The van der Waals surface area contributed by atoms with E-state index in [-0.39, 0.29) is 5.54 Å². The van der Waals surface area contributed by atoms with Gasteiger partial charge in [-0.05, 0) is 52.7 Å². The lowest BCUT2D eigenvalue weighted by molar-refractivity contribution is 0.0840. The molecule has 102 valence electrons. The van der Waals surface area contributed by atoms with Crippen LogP contribution in [0.5, 0.6) is 0 Å². The Balaban J connectivity index is 4.74. The zero-order valence-electron chi connectivity index (χ0n) is 12.6. The van der Waals surface area contributed by atoms with Gasteiger partial charge in [0.15, 0.2) is 0 Å². The minimum atomic E-state index is 0.289. The first kappa shape index (κ1) is 16.7. The molecule has 0 bridgehead atoms. The normalized spacial score (nSPS) is 14.0. The molecular weight excluding hydrogens is 208 g/mol. The van der Waals surface area contributed by atoms with E-state index in [9.17, 15) is 0 Å². The molecule has 0 amide bonds. The van der Waals surface area contributed by atoms with Crippen molar-refractivity contribution in [2.45, 2.75) is 64.5 Å². The van der Waals surface area contributed by atoms with Gasteiger partial charge in [0.1, 0.15) is 0 Å². The quantitative estimate of drug-likeness (QED) is 0.465. The molecule has 0 spiro atoms. The van der Waals surface area contributed by atoms with Gasteiger partial charge in [-0.2, -0.15) is 0 Å². The number of unbranched alkanes of at least 4 members (excludes halogenated alkanes) is 1. The summed E-state index contributed by atoms with van der Waals surface area (Å²) in [6.07, 6.45) is 8.01. The Kier molecular flexibility index (Phi) is 8.53. The number of allylic oxidation sites excluding steroid dienone is 1. The molecule has 0 rings (SSSR count). The van der Waals surface area contributed by atoms with Gasteiger partial charge in [-0.1, -0.05) is 26.8 Å². The van der Waals surface area contributed by atoms with E-state index in [1.807, 2.05) is 6.08 Å². The predicted octanol–water partition coefficient (Wildman–Crippen LogP) is 3.44. The first-order valence-corrected chi connectivity index (χ1v) is 7.10. The molecule has 0 fully saturated rings. The lowest BCUT2D eigenvalue weighted by atomic mass is 9.80. The molecule has 17 heavy (non-hydrogen) atoms. The van der Waals surface area contributed by atoms with E-state index in [2.05, 4.69) is 51.7 Å². The molecular formula is C15H32N2. The highest BCUT2D eigenvalue weighted by Gasteiger charge is 2.36. The molecule has 0 radical (unpaired) electrons. The van der Waals surface area contributed by atoms with Crippen LogP contribution >= 0.6 is 0 Å². The van der Waals surface area contributed by atoms with Crippen LogP contribution in [0, 0.1) is 0 Å². The summed E-state index contributed by atoms with van der Waals surface area (Å²) in [5.41, 5.74) is 0.289. The zero-order valence-corrected chi connectivity index (χ0v) is 12.6. The Hall–Kier alpha value is -0.340. The zero-order chi connectivity index (χ0) is 13.3. The molecule has 0 heterocycles. The molecule has 0 aromatic heterocycles. The summed E-state index contributed by atoms with van der Waals surface area (Å²) in [5, 5.41) is 3.69. The lowest BCUT2D eigenvalue weighted by Gasteiger charge is -2.45. The maximum Gasteiger partial charge on any atom is 0.0351 e. The Morgan fingerprint density at radius 2 is 1.82 bits per heavy atom. The van der Waals surface area contributed by atoms with E-state index < -0.39 is 0 Å². The molecule has 0 saturated heterocycles. The van der Waals surface area contributed by atoms with Crippen molar-refractivity contribution in [3.63, 3.8) is 0 Å². The van der Waals surface area contributed by atoms with Crippen molar-refractivity contribution in [2.24, 2.45) is 0 Å². The first-order chi connectivity index (χ1) is 8.08. The van der Waals surface area contributed by atoms with Crippen molar-refractivity contribution >= 4 is 0 Å². The summed E-state index contributed by atoms with van der Waals surface area (Å²) >= 11 is 0. The fourth-order valence-electron chi connectivity index (χ4n) is 2.96. The summed E-state index contributed by atoms with van der Waals surface area (Å²) in [6, 6.07) is 0.581. The Bertz CT molecular complexity index is 195. The second-order valence-corrected chi connectivity index (χ2v) is 5.03. The number of hydrogen-bond donors (Lipinski definition) is 1. The van der Waals surface area contributed by atoms with Crippen LogP contribution in [-0.4, -0.2) is 37.1 Å². The number of nitrogens with zero attached hydrogens (tertiary/aromatic N) is 1. The van der Waals surface area contributed by atoms with E-state index in [4.69, 9.17) is 0 Å². The van der Waals surface area contributed by atoms with Crippen LogP contribution < -0.4 is 5.32 Å². The van der Waals surface area contributed by atoms with E-state index in [1.54, 1.807) is 0 Å². The second kappa shape index (κ2) is 8.71. The minimum Gasteiger partial charge on any atom is -0.312 e. The van der Waals surface area contributed by atoms with Crippen LogP contribution in [0.1, 0.15) is 52.9 Å². The monoisotopic (exact) mass is 240 g/mol. The maximum absolute atomic E-state index is 3.81. The fraction of sp³-hybridized carbons (Fsp3) is 0.867. The van der Waals surface area contributed by atoms with E-state index in [0.29, 0.717) is 6.04 Å². The highest BCUT2D eigenvalue weighted by Crippen LogP contribution is 2.28. The van der Waals surface area contributed by atoms with Crippen LogP contribution in [0.15, 0.2) is 12.7 Å². The summed E-state index contributed by atoms with van der Waals surface area (Å²) in [7, 11) is 4.43. The smallest absolute Gasteiger partial charge is 0.0351 e. The third kappa shape index (κ3) is 4.44. The summed E-state index contributed by atoms with van der Waals surface area (Å²) in [6.45, 7) is 11.7. The molecule has 1 unspecified atom stereocenters. The maximum atomic E-state index is 3.81. The molecule has 2 heteroatoms. The fourth-order valence-corrected chi connectivity index (χ4v) is 2.96. The SMILES string of the molecule is C=CCCCC(NCC)C(CC)(CC)N(C)C. The highest BCUT2D eigenvalue weighted by atomic mass is 15.2. The summed E-state index contributed by atoms with van der Waals surface area (Å²) in [4.78, 5) is 2.41. The average molecular weight is 240 g/mol. The molecule has 0 aliphatic rings. The molecule has 0 aromatic carbocycles. The Morgan fingerprint density at radius 3 is 2.18 bits per heavy atom. The van der Waals surface area contributed by atoms with Gasteiger partial charge in [0.2, 0.25) is 0 Å². The molecule has 2 nitrogen and oxygen atoms in total. The van der Waals surface area contributed by atoms with Gasteiger partial charge in [0.05, 0.1) is 0 Å². The minimum absolute atomic E-state index is 0.289. The Labute approximate surface area is 108 Å². The topological polar surface area (TPSA) is 15.3 Å². The second-order valence-electron chi connectivity index (χ2n) is 5.03. The molecule has 1 atom stereocenters. The van der Waals surface area contributed by atoms with E-state index in [1.165, 1.54) is 25.7 Å². The van der Waals surface area contributed by atoms with Crippen molar-refractivity contribution in [2.75, 3.05) is 20.6 Å². The van der Waals surface area contributed by atoms with Gasteiger partial charge in [-0.3, -0.25) is 0 Å². The van der Waals surface area contributed by atoms with E-state index in [0.717, 1.165) is 13.0 Å². The third-order valence-corrected chi connectivity index (χ3v) is 4.12. The standard InChI is InChI=1S/C15H32N2/c1-7-11-12-13-14(16-10-4)15(8-2,9-3)17(5)6/h7,14,16H,1,8-13H2,2-6H3. The average Bonchev–Trinajstić information content (AvgIpc) is 2.31. The van der Waals surface area contributed by atoms with Gasteiger partial charge in [0.25, 0.3) is 0 Å². The number of hydrogen-bond acceptors (Lipinski definition) is 2. The van der Waals surface area contributed by atoms with Gasteiger partial charge in [0, 0.05) is 11.6 Å². The number of nitrogens with one attached hydrogen (secondary N) is 1. The number of likely N-dealkylation sites (N-methyl/N-ethyl adjacent to an activating group) is 2. The van der Waals surface area contributed by atoms with Gasteiger partial charge in [-0.15, -0.1) is 6.58 Å². The third-order valence-electron chi connectivity index (χ3n) is 4.12. The molecule has 0 aliphatic heterocycles. The van der Waals surface area contributed by atoms with Crippen molar-refractivity contribution < 1.29 is 0 Å². The molecule has 1 N–H and O–H groups in total. The Morgan fingerprint density at radius 1 is 1.24 bits per heavy atom. The molecule has 0 aliphatic carbocycles. The highest BCUT2D eigenvalue weighted by molar-refractivity contribution is 4.97. The van der Waals surface area contributed by atoms with Crippen molar-refractivity contribution in [1.82, 2.24) is 10.2 Å². The van der Waals surface area contributed by atoms with Gasteiger partial charge >= 0.3 is 0 Å². The molecule has 0 saturated carbocycles. The summed E-state index contributed by atoms with van der Waals surface area (Å²) < 4.78 is 0. The van der Waals surface area contributed by atoms with Crippen molar-refractivity contribution in [3.05, 3.63) is 12.7 Å². The van der Waals surface area contributed by atoms with Crippen molar-refractivity contribution in [1.29, 1.82) is 0 Å². The van der Waals surface area contributed by atoms with E-state index >= 15 is 0 Å². The van der Waals surface area contributed by atoms with Gasteiger partial charge in [-0.25, -0.2) is 0 Å². The predicted molar refractivity (Wildman–Crippen MR) is 78.5 cm³/mol. The summed E-state index contributed by atoms with van der Waals surface area (Å²) in [5.74, 6) is 0. The van der Waals surface area contributed by atoms with Gasteiger partial charge < -0.3 is 10.2 Å². The van der Waals surface area contributed by atoms with Crippen LogP contribution in [0.3, 0.4) is 0 Å². The van der Waals surface area contributed by atoms with Crippen LogP contribution in [0.25, 0.3) is 0 Å². The van der Waals surface area contributed by atoms with Crippen LogP contribution in [0.4, 0.5) is 0 Å². The lowest BCUT2D eigenvalue weighted by Crippen LogP contribution is -2.58.